The van der Waals surface area contributed by atoms with E-state index in [0.29, 0.717) is 33.7 Å². The molecular formula is C21H23N3O3S. The van der Waals surface area contributed by atoms with Crippen molar-refractivity contribution in [3.63, 3.8) is 0 Å². The summed E-state index contributed by atoms with van der Waals surface area (Å²) in [7, 11) is 3.13. The van der Waals surface area contributed by atoms with Gasteiger partial charge in [-0.25, -0.2) is 4.98 Å². The van der Waals surface area contributed by atoms with Gasteiger partial charge in [0.1, 0.15) is 9.71 Å². The number of ether oxygens (including phenoxy) is 2. The van der Waals surface area contributed by atoms with E-state index in [1.54, 1.807) is 32.4 Å². The van der Waals surface area contributed by atoms with Gasteiger partial charge in [-0.05, 0) is 48.9 Å². The Bertz CT molecular complexity index is 1060. The Kier molecular flexibility index (Phi) is 4.85. The summed E-state index contributed by atoms with van der Waals surface area (Å²) >= 11 is 1.34. The maximum Gasteiger partial charge on any atom is 0.267 e. The van der Waals surface area contributed by atoms with Crippen LogP contribution in [0.25, 0.3) is 10.2 Å². The molecule has 6 nitrogen and oxygen atoms in total. The van der Waals surface area contributed by atoms with Crippen LogP contribution in [0.4, 0.5) is 11.4 Å². The van der Waals surface area contributed by atoms with Crippen molar-refractivity contribution < 1.29 is 14.3 Å². The van der Waals surface area contributed by atoms with Gasteiger partial charge in [0.2, 0.25) is 0 Å². The van der Waals surface area contributed by atoms with Gasteiger partial charge >= 0.3 is 0 Å². The zero-order chi connectivity index (χ0) is 19.8. The topological polar surface area (TPSA) is 86.5 Å². The Balaban J connectivity index is 1.65. The highest BCUT2D eigenvalue weighted by Crippen LogP contribution is 2.37. The van der Waals surface area contributed by atoms with Gasteiger partial charge in [0.25, 0.3) is 5.91 Å². The molecule has 1 aliphatic carbocycles. The molecule has 2 heterocycles. The van der Waals surface area contributed by atoms with Gasteiger partial charge in [-0.1, -0.05) is 6.92 Å². The van der Waals surface area contributed by atoms with Gasteiger partial charge in [-0.3, -0.25) is 4.79 Å². The van der Waals surface area contributed by atoms with E-state index in [9.17, 15) is 4.79 Å². The maximum atomic E-state index is 12.9. The number of amides is 1. The third-order valence-electron chi connectivity index (χ3n) is 5.18. The van der Waals surface area contributed by atoms with E-state index in [4.69, 9.17) is 20.2 Å². The normalized spacial score (nSPS) is 15.9. The van der Waals surface area contributed by atoms with Gasteiger partial charge in [0, 0.05) is 22.8 Å². The van der Waals surface area contributed by atoms with Crippen molar-refractivity contribution in [2.24, 2.45) is 5.92 Å². The second-order valence-electron chi connectivity index (χ2n) is 7.16. The number of pyridine rings is 1. The van der Waals surface area contributed by atoms with Crippen LogP contribution in [0.2, 0.25) is 0 Å². The molecule has 0 spiro atoms. The molecule has 0 aliphatic heterocycles. The predicted octanol–water partition coefficient (Wildman–Crippen LogP) is 4.27. The molecule has 28 heavy (non-hydrogen) atoms. The number of benzene rings is 1. The number of nitrogens with zero attached hydrogens (tertiary/aromatic N) is 1. The van der Waals surface area contributed by atoms with Gasteiger partial charge in [0.05, 0.1) is 19.9 Å². The number of hydrogen-bond donors (Lipinski definition) is 2. The van der Waals surface area contributed by atoms with E-state index in [2.05, 4.69) is 18.3 Å². The van der Waals surface area contributed by atoms with Crippen molar-refractivity contribution in [1.82, 2.24) is 4.98 Å². The molecule has 1 atom stereocenters. The molecule has 1 amide bonds. The van der Waals surface area contributed by atoms with Crippen LogP contribution in [0.5, 0.6) is 11.5 Å². The van der Waals surface area contributed by atoms with Crippen molar-refractivity contribution in [3.8, 4) is 11.5 Å². The predicted molar refractivity (Wildman–Crippen MR) is 113 cm³/mol. The summed E-state index contributed by atoms with van der Waals surface area (Å²) in [5.41, 5.74) is 9.82. The molecule has 1 aromatic carbocycles. The highest BCUT2D eigenvalue weighted by molar-refractivity contribution is 7.21. The van der Waals surface area contributed by atoms with Crippen molar-refractivity contribution in [1.29, 1.82) is 0 Å². The number of nitrogens with one attached hydrogen (secondary N) is 1. The SMILES string of the molecule is COc1ccc(NC(=O)c2sc3nc4c(cc3c2N)CC(C)CC4)cc1OC. The number of fused-ring (bicyclic) bond motifs is 2. The molecule has 146 valence electrons. The Morgan fingerprint density at radius 2 is 2.04 bits per heavy atom. The van der Waals surface area contributed by atoms with E-state index in [-0.39, 0.29) is 5.91 Å². The standard InChI is InChI=1S/C21H23N3O3S/c1-11-4-6-15-12(8-11)9-14-18(22)19(28-21(14)24-15)20(25)23-13-5-7-16(26-2)17(10-13)27-3/h5,7,9-11H,4,6,8,22H2,1-3H3,(H,23,25). The smallest absolute Gasteiger partial charge is 0.267 e. The summed E-state index contributed by atoms with van der Waals surface area (Å²) in [5.74, 6) is 1.55. The second kappa shape index (κ2) is 7.31. The first-order valence-electron chi connectivity index (χ1n) is 9.24. The number of nitrogen functional groups attached to an aromatic ring is 1. The molecule has 1 unspecified atom stereocenters. The van der Waals surface area contributed by atoms with Crippen molar-refractivity contribution in [3.05, 3.63) is 40.4 Å². The lowest BCUT2D eigenvalue weighted by Gasteiger charge is -2.20. The zero-order valence-electron chi connectivity index (χ0n) is 16.2. The van der Waals surface area contributed by atoms with Crippen LogP contribution >= 0.6 is 11.3 Å². The van der Waals surface area contributed by atoms with Crippen molar-refractivity contribution in [2.75, 3.05) is 25.3 Å². The van der Waals surface area contributed by atoms with Crippen LogP contribution in [-0.4, -0.2) is 25.1 Å². The lowest BCUT2D eigenvalue weighted by molar-refractivity contribution is 0.103. The first kappa shape index (κ1) is 18.6. The van der Waals surface area contributed by atoms with Crippen molar-refractivity contribution in [2.45, 2.75) is 26.2 Å². The van der Waals surface area contributed by atoms with Gasteiger partial charge < -0.3 is 20.5 Å². The number of aromatic nitrogens is 1. The fraction of sp³-hybridized carbons (Fsp3) is 0.333. The Labute approximate surface area is 167 Å². The Morgan fingerprint density at radius 1 is 1.25 bits per heavy atom. The molecule has 0 radical (unpaired) electrons. The monoisotopic (exact) mass is 397 g/mol. The number of aryl methyl sites for hydroxylation is 1. The molecule has 4 rings (SSSR count). The Hall–Kier alpha value is -2.80. The summed E-state index contributed by atoms with van der Waals surface area (Å²) in [4.78, 5) is 18.9. The number of thiophene rings is 1. The number of hydrogen-bond acceptors (Lipinski definition) is 6. The van der Waals surface area contributed by atoms with Gasteiger partial charge in [0.15, 0.2) is 11.5 Å². The summed E-state index contributed by atoms with van der Waals surface area (Å²) in [6.07, 6.45) is 3.15. The molecule has 7 heteroatoms. The van der Waals surface area contributed by atoms with Gasteiger partial charge in [-0.2, -0.15) is 0 Å². The lowest BCUT2D eigenvalue weighted by Crippen LogP contribution is -2.13. The number of methoxy groups -OCH3 is 2. The molecule has 1 aliphatic rings. The number of carbonyl (C=O) groups excluding carboxylic acids is 1. The molecule has 0 fully saturated rings. The third-order valence-corrected chi connectivity index (χ3v) is 6.29. The second-order valence-corrected chi connectivity index (χ2v) is 8.16. The molecule has 3 aromatic rings. The number of anilines is 2. The lowest BCUT2D eigenvalue weighted by atomic mass is 9.87. The van der Waals surface area contributed by atoms with Crippen LogP contribution in [0.3, 0.4) is 0 Å². The summed E-state index contributed by atoms with van der Waals surface area (Å²) in [6, 6.07) is 7.35. The van der Waals surface area contributed by atoms with E-state index >= 15 is 0 Å². The minimum atomic E-state index is -0.251. The molecular weight excluding hydrogens is 374 g/mol. The largest absolute Gasteiger partial charge is 0.493 e. The molecule has 3 N–H and O–H groups in total. The third kappa shape index (κ3) is 3.26. The van der Waals surface area contributed by atoms with Crippen LogP contribution in [0.15, 0.2) is 24.3 Å². The first-order chi connectivity index (χ1) is 13.5. The molecule has 0 saturated carbocycles. The number of nitrogens with two attached hydrogens (primary N) is 1. The van der Waals surface area contributed by atoms with E-state index in [0.717, 1.165) is 35.2 Å². The summed E-state index contributed by atoms with van der Waals surface area (Å²) in [6.45, 7) is 2.26. The molecule has 0 bridgehead atoms. The fourth-order valence-electron chi connectivity index (χ4n) is 3.64. The van der Waals surface area contributed by atoms with Crippen molar-refractivity contribution >= 4 is 38.8 Å². The number of rotatable bonds is 4. The first-order valence-corrected chi connectivity index (χ1v) is 10.1. The minimum absolute atomic E-state index is 0.251. The van der Waals surface area contributed by atoms with Gasteiger partial charge in [-0.15, -0.1) is 11.3 Å². The zero-order valence-corrected chi connectivity index (χ0v) is 17.0. The maximum absolute atomic E-state index is 12.9. The summed E-state index contributed by atoms with van der Waals surface area (Å²) in [5, 5.41) is 3.76. The highest BCUT2D eigenvalue weighted by Gasteiger charge is 2.22. The van der Waals surface area contributed by atoms with E-state index < -0.39 is 0 Å². The van der Waals surface area contributed by atoms with Crippen LogP contribution in [0.1, 0.15) is 34.3 Å². The van der Waals surface area contributed by atoms with Crippen LogP contribution < -0.4 is 20.5 Å². The van der Waals surface area contributed by atoms with E-state index in [1.807, 2.05) is 0 Å². The summed E-state index contributed by atoms with van der Waals surface area (Å²) < 4.78 is 10.5. The van der Waals surface area contributed by atoms with E-state index in [1.165, 1.54) is 16.9 Å². The fourth-order valence-corrected chi connectivity index (χ4v) is 4.63. The average molecular weight is 398 g/mol. The minimum Gasteiger partial charge on any atom is -0.493 e. The highest BCUT2D eigenvalue weighted by atomic mass is 32.1. The Morgan fingerprint density at radius 3 is 2.79 bits per heavy atom. The molecule has 2 aromatic heterocycles. The van der Waals surface area contributed by atoms with Crippen LogP contribution in [-0.2, 0) is 12.8 Å². The van der Waals surface area contributed by atoms with Crippen LogP contribution in [0, 0.1) is 5.92 Å². The quantitative estimate of drug-likeness (QED) is 0.686. The number of carbonyl (C=O) groups is 1. The molecule has 0 saturated heterocycles. The average Bonchev–Trinajstić information content (AvgIpc) is 3.02.